The van der Waals surface area contributed by atoms with Crippen molar-refractivity contribution in [3.63, 3.8) is 0 Å². The largest absolute Gasteiger partial charge is 0.313 e. The monoisotopic (exact) mass is 210 g/mol. The first-order valence-corrected chi connectivity index (χ1v) is 5.62. The van der Waals surface area contributed by atoms with Crippen molar-refractivity contribution in [3.8, 4) is 0 Å². The van der Waals surface area contributed by atoms with Gasteiger partial charge in [-0.2, -0.15) is 5.10 Å². The fourth-order valence-corrected chi connectivity index (χ4v) is 1.37. The molecule has 86 valence electrons. The lowest BCUT2D eigenvalue weighted by molar-refractivity contribution is 0.341. The summed E-state index contributed by atoms with van der Waals surface area (Å²) in [6, 6.07) is 2.38. The fourth-order valence-electron chi connectivity index (χ4n) is 1.37. The van der Waals surface area contributed by atoms with Gasteiger partial charge in [0.2, 0.25) is 0 Å². The van der Waals surface area contributed by atoms with Gasteiger partial charge in [-0.15, -0.1) is 0 Å². The second kappa shape index (κ2) is 6.58. The van der Waals surface area contributed by atoms with Crippen LogP contribution in [0.1, 0.15) is 19.9 Å². The molecule has 0 aliphatic rings. The van der Waals surface area contributed by atoms with Crippen molar-refractivity contribution < 1.29 is 0 Å². The molecule has 1 rings (SSSR count). The van der Waals surface area contributed by atoms with E-state index < -0.39 is 0 Å². The van der Waals surface area contributed by atoms with Gasteiger partial charge in [-0.05, 0) is 26.6 Å². The normalized spacial score (nSPS) is 13.3. The minimum Gasteiger partial charge on any atom is -0.313 e. The van der Waals surface area contributed by atoms with E-state index in [4.69, 9.17) is 0 Å². The number of rotatable bonds is 7. The van der Waals surface area contributed by atoms with Crippen molar-refractivity contribution in [1.29, 1.82) is 0 Å². The molecule has 4 heteroatoms. The van der Waals surface area contributed by atoms with Gasteiger partial charge in [-0.3, -0.25) is 4.68 Å². The molecule has 0 aromatic carbocycles. The number of nitrogens with zero attached hydrogens (tertiary/aromatic N) is 3. The van der Waals surface area contributed by atoms with Crippen LogP contribution in [0.25, 0.3) is 0 Å². The molecule has 4 nitrogen and oxygen atoms in total. The summed E-state index contributed by atoms with van der Waals surface area (Å²) in [5.74, 6) is 0. The molecule has 15 heavy (non-hydrogen) atoms. The number of aromatic nitrogens is 2. The van der Waals surface area contributed by atoms with Crippen molar-refractivity contribution in [2.45, 2.75) is 19.9 Å². The average Bonchev–Trinajstić information content (AvgIpc) is 2.77. The zero-order chi connectivity index (χ0) is 11.1. The van der Waals surface area contributed by atoms with E-state index in [1.165, 1.54) is 0 Å². The Hall–Kier alpha value is -0.870. The van der Waals surface area contributed by atoms with E-state index in [-0.39, 0.29) is 0 Å². The van der Waals surface area contributed by atoms with Crippen LogP contribution in [-0.4, -0.2) is 47.9 Å². The van der Waals surface area contributed by atoms with Crippen LogP contribution in [0.15, 0.2) is 18.5 Å². The lowest BCUT2D eigenvalue weighted by atomic mass is 10.3. The van der Waals surface area contributed by atoms with Gasteiger partial charge in [0.15, 0.2) is 0 Å². The average molecular weight is 210 g/mol. The van der Waals surface area contributed by atoms with Crippen LogP contribution < -0.4 is 5.32 Å². The van der Waals surface area contributed by atoms with Gasteiger partial charge in [0, 0.05) is 32.0 Å². The molecule has 1 heterocycles. The highest BCUT2D eigenvalue weighted by molar-refractivity contribution is 4.81. The third-order valence-corrected chi connectivity index (χ3v) is 2.63. The third-order valence-electron chi connectivity index (χ3n) is 2.63. The zero-order valence-electron chi connectivity index (χ0n) is 9.98. The lowest BCUT2D eigenvalue weighted by Gasteiger charge is -2.16. The summed E-state index contributed by atoms with van der Waals surface area (Å²) >= 11 is 0. The molecule has 1 unspecified atom stereocenters. The highest BCUT2D eigenvalue weighted by Gasteiger charge is 2.03. The Morgan fingerprint density at radius 1 is 1.53 bits per heavy atom. The van der Waals surface area contributed by atoms with E-state index in [1.54, 1.807) is 0 Å². The van der Waals surface area contributed by atoms with Crippen LogP contribution in [0.2, 0.25) is 0 Å². The molecule has 0 radical (unpaired) electrons. The van der Waals surface area contributed by atoms with Gasteiger partial charge in [0.05, 0.1) is 6.04 Å². The van der Waals surface area contributed by atoms with E-state index in [1.807, 2.05) is 23.1 Å². The molecule has 0 aliphatic carbocycles. The Labute approximate surface area is 92.3 Å². The number of nitrogens with one attached hydrogen (secondary N) is 1. The minimum atomic E-state index is 0.423. The summed E-state index contributed by atoms with van der Waals surface area (Å²) in [7, 11) is 2.14. The van der Waals surface area contributed by atoms with Crippen molar-refractivity contribution >= 4 is 0 Å². The smallest absolute Gasteiger partial charge is 0.0615 e. The SMILES string of the molecule is CCN(C)CCNCC(C)n1cccn1. The maximum atomic E-state index is 4.21. The predicted octanol–water partition coefficient (Wildman–Crippen LogP) is 0.985. The lowest BCUT2D eigenvalue weighted by Crippen LogP contribution is -2.32. The van der Waals surface area contributed by atoms with Crippen LogP contribution in [0.3, 0.4) is 0 Å². The molecule has 1 N–H and O–H groups in total. The Morgan fingerprint density at radius 2 is 2.33 bits per heavy atom. The van der Waals surface area contributed by atoms with E-state index in [2.05, 4.69) is 36.2 Å². The van der Waals surface area contributed by atoms with E-state index in [0.717, 1.165) is 26.2 Å². The number of hydrogen-bond donors (Lipinski definition) is 1. The van der Waals surface area contributed by atoms with Gasteiger partial charge in [-0.25, -0.2) is 0 Å². The Kier molecular flexibility index (Phi) is 5.36. The molecular formula is C11H22N4. The van der Waals surface area contributed by atoms with Crippen LogP contribution >= 0.6 is 0 Å². The highest BCUT2D eigenvalue weighted by atomic mass is 15.3. The second-order valence-corrected chi connectivity index (χ2v) is 3.94. The quantitative estimate of drug-likeness (QED) is 0.681. The summed E-state index contributed by atoms with van der Waals surface area (Å²) in [4.78, 5) is 2.30. The predicted molar refractivity (Wildman–Crippen MR) is 63.0 cm³/mol. The van der Waals surface area contributed by atoms with Gasteiger partial charge >= 0.3 is 0 Å². The standard InChI is InChI=1S/C11H22N4/c1-4-14(3)9-7-12-10-11(2)15-8-5-6-13-15/h5-6,8,11-12H,4,7,9-10H2,1-3H3. The van der Waals surface area contributed by atoms with Gasteiger partial charge in [0.1, 0.15) is 0 Å². The molecule has 0 aliphatic heterocycles. The third kappa shape index (κ3) is 4.44. The molecular weight excluding hydrogens is 188 g/mol. The first-order valence-electron chi connectivity index (χ1n) is 5.62. The number of hydrogen-bond acceptors (Lipinski definition) is 3. The summed E-state index contributed by atoms with van der Waals surface area (Å²) < 4.78 is 1.98. The highest BCUT2D eigenvalue weighted by Crippen LogP contribution is 2.00. The Balaban J connectivity index is 2.10. The second-order valence-electron chi connectivity index (χ2n) is 3.94. The maximum absolute atomic E-state index is 4.21. The summed E-state index contributed by atoms with van der Waals surface area (Å²) in [6.45, 7) is 8.56. The Bertz CT molecular complexity index is 245. The molecule has 0 amide bonds. The minimum absolute atomic E-state index is 0.423. The van der Waals surface area contributed by atoms with Gasteiger partial charge in [-0.1, -0.05) is 6.92 Å². The maximum Gasteiger partial charge on any atom is 0.0615 e. The van der Waals surface area contributed by atoms with Gasteiger partial charge < -0.3 is 10.2 Å². The van der Waals surface area contributed by atoms with Gasteiger partial charge in [0.25, 0.3) is 0 Å². The van der Waals surface area contributed by atoms with Crippen molar-refractivity contribution in [2.24, 2.45) is 0 Å². The van der Waals surface area contributed by atoms with E-state index in [9.17, 15) is 0 Å². The fraction of sp³-hybridized carbons (Fsp3) is 0.727. The molecule has 1 atom stereocenters. The zero-order valence-corrected chi connectivity index (χ0v) is 9.98. The molecule has 0 saturated heterocycles. The molecule has 0 saturated carbocycles. The Morgan fingerprint density at radius 3 is 2.93 bits per heavy atom. The van der Waals surface area contributed by atoms with Crippen LogP contribution in [0, 0.1) is 0 Å². The molecule has 1 aromatic heterocycles. The van der Waals surface area contributed by atoms with Crippen molar-refractivity contribution in [1.82, 2.24) is 20.0 Å². The number of likely N-dealkylation sites (N-methyl/N-ethyl adjacent to an activating group) is 1. The molecule has 1 aromatic rings. The summed E-state index contributed by atoms with van der Waals surface area (Å²) in [5.41, 5.74) is 0. The van der Waals surface area contributed by atoms with Crippen LogP contribution in [-0.2, 0) is 0 Å². The van der Waals surface area contributed by atoms with E-state index in [0.29, 0.717) is 6.04 Å². The first-order chi connectivity index (χ1) is 7.24. The summed E-state index contributed by atoms with van der Waals surface area (Å²) in [6.07, 6.45) is 3.83. The van der Waals surface area contributed by atoms with Crippen LogP contribution in [0.5, 0.6) is 0 Å². The topological polar surface area (TPSA) is 33.1 Å². The van der Waals surface area contributed by atoms with E-state index >= 15 is 0 Å². The molecule has 0 fully saturated rings. The molecule has 0 spiro atoms. The summed E-state index contributed by atoms with van der Waals surface area (Å²) in [5, 5.41) is 7.65. The van der Waals surface area contributed by atoms with Crippen molar-refractivity contribution in [3.05, 3.63) is 18.5 Å². The van der Waals surface area contributed by atoms with Crippen LogP contribution in [0.4, 0.5) is 0 Å². The first kappa shape index (κ1) is 12.2. The molecule has 0 bridgehead atoms. The van der Waals surface area contributed by atoms with Crippen molar-refractivity contribution in [2.75, 3.05) is 33.2 Å².